The van der Waals surface area contributed by atoms with Gasteiger partial charge in [0.2, 0.25) is 10.0 Å². The first-order valence-electron chi connectivity index (χ1n) is 6.20. The predicted molar refractivity (Wildman–Crippen MR) is 76.5 cm³/mol. The molecule has 1 fully saturated rings. The Bertz CT molecular complexity index is 615. The zero-order chi connectivity index (χ0) is 15.1. The van der Waals surface area contributed by atoms with E-state index in [4.69, 9.17) is 21.1 Å². The summed E-state index contributed by atoms with van der Waals surface area (Å²) in [5.74, 6) is 0.440. The molecule has 0 amide bonds. The number of benzene rings is 1. The highest BCUT2D eigenvalue weighted by Crippen LogP contribution is 2.35. The van der Waals surface area contributed by atoms with Gasteiger partial charge in [0.1, 0.15) is 12.0 Å². The largest absolute Gasteiger partial charge is 0.495 e. The van der Waals surface area contributed by atoms with Gasteiger partial charge >= 0.3 is 0 Å². The lowest BCUT2D eigenvalue weighted by Crippen LogP contribution is -2.47. The lowest BCUT2D eigenvalue weighted by atomic mass is 10.1. The maximum absolute atomic E-state index is 12.8. The Balaban J connectivity index is 2.48. The smallest absolute Gasteiger partial charge is 0.245 e. The summed E-state index contributed by atoms with van der Waals surface area (Å²) in [6, 6.07) is 4.43. The molecule has 1 aliphatic rings. The zero-order valence-corrected chi connectivity index (χ0v) is 13.5. The van der Waals surface area contributed by atoms with Crippen molar-refractivity contribution in [2.45, 2.75) is 37.4 Å². The first-order valence-corrected chi connectivity index (χ1v) is 8.01. The minimum Gasteiger partial charge on any atom is -0.495 e. The molecule has 112 valence electrons. The molecule has 0 aliphatic carbocycles. The van der Waals surface area contributed by atoms with Crippen LogP contribution in [0.15, 0.2) is 23.1 Å². The SMILES string of the molecule is COc1ccc(S(=O)(=O)N2C(C)OCC2(C)C)cc1Cl. The maximum Gasteiger partial charge on any atom is 0.245 e. The fraction of sp³-hybridized carbons (Fsp3) is 0.538. The van der Waals surface area contributed by atoms with Gasteiger partial charge in [-0.05, 0) is 39.0 Å². The second-order valence-corrected chi connectivity index (χ2v) is 7.54. The van der Waals surface area contributed by atoms with E-state index in [-0.39, 0.29) is 9.92 Å². The molecule has 0 bridgehead atoms. The van der Waals surface area contributed by atoms with E-state index in [1.807, 2.05) is 13.8 Å². The molecule has 1 heterocycles. The van der Waals surface area contributed by atoms with E-state index in [9.17, 15) is 8.42 Å². The highest BCUT2D eigenvalue weighted by molar-refractivity contribution is 7.89. The van der Waals surface area contributed by atoms with Crippen LogP contribution in [0.4, 0.5) is 0 Å². The molecule has 1 aromatic carbocycles. The van der Waals surface area contributed by atoms with Crippen LogP contribution in [-0.2, 0) is 14.8 Å². The van der Waals surface area contributed by atoms with Gasteiger partial charge in [-0.1, -0.05) is 11.6 Å². The molecular formula is C13H18ClNO4S. The summed E-state index contributed by atoms with van der Waals surface area (Å²) in [5, 5.41) is 0.263. The van der Waals surface area contributed by atoms with E-state index in [1.165, 1.54) is 23.5 Å². The average Bonchev–Trinajstić information content (AvgIpc) is 2.63. The molecule has 1 saturated heterocycles. The molecule has 0 aromatic heterocycles. The lowest BCUT2D eigenvalue weighted by molar-refractivity contribution is 0.0843. The van der Waals surface area contributed by atoms with Gasteiger partial charge in [0.15, 0.2) is 0 Å². The average molecular weight is 320 g/mol. The summed E-state index contributed by atoms with van der Waals surface area (Å²) < 4.78 is 37.4. The number of rotatable bonds is 3. The van der Waals surface area contributed by atoms with Crippen LogP contribution in [-0.4, -0.2) is 38.2 Å². The van der Waals surface area contributed by atoms with Gasteiger partial charge in [-0.3, -0.25) is 0 Å². The van der Waals surface area contributed by atoms with Gasteiger partial charge in [-0.2, -0.15) is 4.31 Å². The number of ether oxygens (including phenoxy) is 2. The molecule has 1 unspecified atom stereocenters. The fourth-order valence-corrected chi connectivity index (χ4v) is 4.60. The molecular weight excluding hydrogens is 302 g/mol. The third-order valence-electron chi connectivity index (χ3n) is 3.28. The Morgan fingerprint density at radius 1 is 1.45 bits per heavy atom. The number of halogens is 1. The summed E-state index contributed by atoms with van der Waals surface area (Å²) in [6.07, 6.45) is -0.504. The number of nitrogens with zero attached hydrogens (tertiary/aromatic N) is 1. The molecule has 0 N–H and O–H groups in total. The van der Waals surface area contributed by atoms with Crippen LogP contribution < -0.4 is 4.74 Å². The monoisotopic (exact) mass is 319 g/mol. The van der Waals surface area contributed by atoms with E-state index in [2.05, 4.69) is 0 Å². The molecule has 5 nitrogen and oxygen atoms in total. The molecule has 0 spiro atoms. The Labute approximate surface area is 124 Å². The summed E-state index contributed by atoms with van der Waals surface area (Å²) in [6.45, 7) is 5.74. The first kappa shape index (κ1) is 15.6. The van der Waals surface area contributed by atoms with Crippen molar-refractivity contribution in [3.8, 4) is 5.75 Å². The maximum atomic E-state index is 12.8. The van der Waals surface area contributed by atoms with E-state index in [0.29, 0.717) is 12.4 Å². The van der Waals surface area contributed by atoms with E-state index >= 15 is 0 Å². The van der Waals surface area contributed by atoms with Crippen LogP contribution in [0.5, 0.6) is 5.75 Å². The molecule has 1 aliphatic heterocycles. The van der Waals surface area contributed by atoms with Crippen LogP contribution in [0.2, 0.25) is 5.02 Å². The Hall–Kier alpha value is -0.820. The minimum absolute atomic E-state index is 0.133. The molecule has 0 saturated carbocycles. The van der Waals surface area contributed by atoms with Gasteiger partial charge in [-0.25, -0.2) is 8.42 Å². The Morgan fingerprint density at radius 3 is 2.55 bits per heavy atom. The normalized spacial score (nSPS) is 22.9. The Kier molecular flexibility index (Phi) is 4.03. The van der Waals surface area contributed by atoms with Gasteiger partial charge in [0.25, 0.3) is 0 Å². The second-order valence-electron chi connectivity index (χ2n) is 5.32. The molecule has 20 heavy (non-hydrogen) atoms. The van der Waals surface area contributed by atoms with Crippen molar-refractivity contribution in [1.29, 1.82) is 0 Å². The summed E-state index contributed by atoms with van der Waals surface area (Å²) >= 11 is 6.01. The fourth-order valence-electron chi connectivity index (χ4n) is 2.39. The van der Waals surface area contributed by atoms with Crippen molar-refractivity contribution in [2.75, 3.05) is 13.7 Å². The van der Waals surface area contributed by atoms with E-state index in [1.54, 1.807) is 13.0 Å². The first-order chi connectivity index (χ1) is 9.20. The van der Waals surface area contributed by atoms with Crippen LogP contribution >= 0.6 is 11.6 Å². The van der Waals surface area contributed by atoms with Crippen molar-refractivity contribution in [3.05, 3.63) is 23.2 Å². The quantitative estimate of drug-likeness (QED) is 0.859. The molecule has 7 heteroatoms. The van der Waals surface area contributed by atoms with E-state index < -0.39 is 21.8 Å². The third kappa shape index (κ3) is 2.53. The van der Waals surface area contributed by atoms with Gasteiger partial charge in [0.05, 0.1) is 29.2 Å². The minimum atomic E-state index is -3.67. The summed E-state index contributed by atoms with van der Waals surface area (Å²) in [7, 11) is -2.19. The van der Waals surface area contributed by atoms with Crippen LogP contribution in [0.3, 0.4) is 0 Å². The van der Waals surface area contributed by atoms with Crippen molar-refractivity contribution < 1.29 is 17.9 Å². The van der Waals surface area contributed by atoms with Crippen molar-refractivity contribution in [1.82, 2.24) is 4.31 Å². The van der Waals surface area contributed by atoms with Gasteiger partial charge in [-0.15, -0.1) is 0 Å². The highest BCUT2D eigenvalue weighted by atomic mass is 35.5. The number of hydrogen-bond donors (Lipinski definition) is 0. The molecule has 1 aromatic rings. The van der Waals surface area contributed by atoms with Crippen LogP contribution in [0.25, 0.3) is 0 Å². The van der Waals surface area contributed by atoms with Crippen molar-refractivity contribution in [3.63, 3.8) is 0 Å². The van der Waals surface area contributed by atoms with Crippen molar-refractivity contribution in [2.24, 2.45) is 0 Å². The standard InChI is InChI=1S/C13H18ClNO4S/c1-9-15(13(2,3)8-19-9)20(16,17)10-5-6-12(18-4)11(14)7-10/h5-7,9H,8H2,1-4H3. The number of methoxy groups -OCH3 is 1. The third-order valence-corrected chi connectivity index (χ3v) is 5.74. The Morgan fingerprint density at radius 2 is 2.10 bits per heavy atom. The van der Waals surface area contributed by atoms with Crippen LogP contribution in [0, 0.1) is 0 Å². The van der Waals surface area contributed by atoms with Crippen LogP contribution in [0.1, 0.15) is 20.8 Å². The molecule has 0 radical (unpaired) electrons. The summed E-state index contributed by atoms with van der Waals surface area (Å²) in [5.41, 5.74) is -0.593. The number of sulfonamides is 1. The second kappa shape index (κ2) is 5.18. The zero-order valence-electron chi connectivity index (χ0n) is 11.9. The lowest BCUT2D eigenvalue weighted by Gasteiger charge is -2.30. The van der Waals surface area contributed by atoms with Gasteiger partial charge < -0.3 is 9.47 Å². The van der Waals surface area contributed by atoms with Gasteiger partial charge in [0, 0.05) is 0 Å². The van der Waals surface area contributed by atoms with Crippen molar-refractivity contribution >= 4 is 21.6 Å². The molecule has 1 atom stereocenters. The molecule has 2 rings (SSSR count). The highest BCUT2D eigenvalue weighted by Gasteiger charge is 2.46. The number of hydrogen-bond acceptors (Lipinski definition) is 4. The van der Waals surface area contributed by atoms with E-state index in [0.717, 1.165) is 0 Å². The predicted octanol–water partition coefficient (Wildman–Crippen LogP) is 2.49. The summed E-state index contributed by atoms with van der Waals surface area (Å²) in [4.78, 5) is 0.133. The topological polar surface area (TPSA) is 55.8 Å².